The van der Waals surface area contributed by atoms with Crippen LogP contribution in [0.5, 0.6) is 5.75 Å². The van der Waals surface area contributed by atoms with Gasteiger partial charge in [0.05, 0.1) is 5.56 Å². The Kier molecular flexibility index (Phi) is 3.22. The number of aromatic hydroxyl groups is 1. The van der Waals surface area contributed by atoms with Crippen LogP contribution >= 0.6 is 11.6 Å². The highest BCUT2D eigenvalue weighted by atomic mass is 35.5. The van der Waals surface area contributed by atoms with Crippen molar-refractivity contribution < 1.29 is 18.3 Å². The Morgan fingerprint density at radius 1 is 0.889 bits per heavy atom. The lowest BCUT2D eigenvalue weighted by Crippen LogP contribution is -2.03. The van der Waals surface area contributed by atoms with Gasteiger partial charge in [0, 0.05) is 5.02 Å². The van der Waals surface area contributed by atoms with Crippen molar-refractivity contribution in [3.8, 4) is 16.9 Å². The maximum absolute atomic E-state index is 12.4. The van der Waals surface area contributed by atoms with Gasteiger partial charge in [0.15, 0.2) is 0 Å². The van der Waals surface area contributed by atoms with Gasteiger partial charge in [-0.3, -0.25) is 0 Å². The number of phenolic OH excluding ortho intramolecular Hbond substituents is 1. The van der Waals surface area contributed by atoms with Crippen molar-refractivity contribution in [3.63, 3.8) is 0 Å². The normalized spacial score (nSPS) is 11.6. The molecule has 0 aliphatic carbocycles. The van der Waals surface area contributed by atoms with Gasteiger partial charge in [-0.05, 0) is 41.5 Å². The first-order chi connectivity index (χ1) is 8.36. The summed E-state index contributed by atoms with van der Waals surface area (Å²) in [7, 11) is 0. The second-order valence-corrected chi connectivity index (χ2v) is 4.21. The van der Waals surface area contributed by atoms with E-state index in [4.69, 9.17) is 11.6 Å². The van der Waals surface area contributed by atoms with Crippen molar-refractivity contribution in [3.05, 3.63) is 53.1 Å². The van der Waals surface area contributed by atoms with Gasteiger partial charge in [0.2, 0.25) is 0 Å². The summed E-state index contributed by atoms with van der Waals surface area (Å²) in [6.45, 7) is 0. The first-order valence-corrected chi connectivity index (χ1v) is 5.41. The van der Waals surface area contributed by atoms with E-state index in [2.05, 4.69) is 0 Å². The topological polar surface area (TPSA) is 20.2 Å². The molecule has 18 heavy (non-hydrogen) atoms. The molecule has 5 heteroatoms. The first kappa shape index (κ1) is 12.8. The summed E-state index contributed by atoms with van der Waals surface area (Å²) in [4.78, 5) is 0. The summed E-state index contributed by atoms with van der Waals surface area (Å²) >= 11 is 5.76. The summed E-state index contributed by atoms with van der Waals surface area (Å²) in [6.07, 6.45) is -4.35. The molecule has 0 aliphatic heterocycles. The highest BCUT2D eigenvalue weighted by Gasteiger charge is 2.29. The van der Waals surface area contributed by atoms with Crippen LogP contribution in [0.3, 0.4) is 0 Å². The quantitative estimate of drug-likeness (QED) is 0.795. The van der Waals surface area contributed by atoms with Crippen molar-refractivity contribution in [2.24, 2.45) is 0 Å². The fraction of sp³-hybridized carbons (Fsp3) is 0.0769. The van der Waals surface area contributed by atoms with Crippen LogP contribution in [0.25, 0.3) is 11.1 Å². The molecule has 0 saturated heterocycles. The van der Waals surface area contributed by atoms with E-state index < -0.39 is 11.7 Å². The third-order valence-electron chi connectivity index (χ3n) is 2.43. The molecule has 0 amide bonds. The van der Waals surface area contributed by atoms with Crippen molar-refractivity contribution >= 4 is 11.6 Å². The Morgan fingerprint density at radius 2 is 1.50 bits per heavy atom. The molecule has 2 rings (SSSR count). The summed E-state index contributed by atoms with van der Waals surface area (Å²) in [5.74, 6) is -0.0302. The van der Waals surface area contributed by atoms with E-state index in [-0.39, 0.29) is 5.75 Å². The van der Waals surface area contributed by atoms with Crippen molar-refractivity contribution in [1.82, 2.24) is 0 Å². The maximum atomic E-state index is 12.4. The second-order valence-electron chi connectivity index (χ2n) is 3.77. The molecule has 0 heterocycles. The molecule has 94 valence electrons. The largest absolute Gasteiger partial charge is 0.508 e. The molecule has 1 N–H and O–H groups in total. The van der Waals surface area contributed by atoms with Gasteiger partial charge in [-0.25, -0.2) is 0 Å². The lowest BCUT2D eigenvalue weighted by Gasteiger charge is -2.08. The van der Waals surface area contributed by atoms with Gasteiger partial charge in [-0.1, -0.05) is 23.7 Å². The fourth-order valence-electron chi connectivity index (χ4n) is 1.59. The van der Waals surface area contributed by atoms with Gasteiger partial charge in [-0.2, -0.15) is 13.2 Å². The number of halogens is 4. The highest BCUT2D eigenvalue weighted by Crippen LogP contribution is 2.32. The third-order valence-corrected chi connectivity index (χ3v) is 2.65. The van der Waals surface area contributed by atoms with Crippen LogP contribution in [-0.2, 0) is 6.18 Å². The maximum Gasteiger partial charge on any atom is 0.416 e. The monoisotopic (exact) mass is 272 g/mol. The molecule has 2 aromatic rings. The molecular formula is C13H8ClF3O. The van der Waals surface area contributed by atoms with Crippen molar-refractivity contribution in [1.29, 1.82) is 0 Å². The highest BCUT2D eigenvalue weighted by molar-refractivity contribution is 6.31. The Morgan fingerprint density at radius 3 is 2.00 bits per heavy atom. The van der Waals surface area contributed by atoms with Crippen LogP contribution in [-0.4, -0.2) is 5.11 Å². The van der Waals surface area contributed by atoms with Gasteiger partial charge < -0.3 is 5.11 Å². The van der Waals surface area contributed by atoms with E-state index in [1.54, 1.807) is 6.07 Å². The molecule has 0 bridgehead atoms. The summed E-state index contributed by atoms with van der Waals surface area (Å²) in [5.41, 5.74) is 0.409. The van der Waals surface area contributed by atoms with Gasteiger partial charge in [0.25, 0.3) is 0 Å². The minimum atomic E-state index is -4.35. The lowest BCUT2D eigenvalue weighted by atomic mass is 10.0. The molecular weight excluding hydrogens is 265 g/mol. The van der Waals surface area contributed by atoms with Crippen LogP contribution < -0.4 is 0 Å². The molecule has 1 nitrogen and oxygen atoms in total. The van der Waals surface area contributed by atoms with E-state index in [1.807, 2.05) is 0 Å². The van der Waals surface area contributed by atoms with Crippen LogP contribution in [0.4, 0.5) is 13.2 Å². The smallest absolute Gasteiger partial charge is 0.416 e. The second kappa shape index (κ2) is 4.53. The minimum absolute atomic E-state index is 0.0302. The summed E-state index contributed by atoms with van der Waals surface area (Å²) in [5, 5.41) is 9.70. The average molecular weight is 273 g/mol. The lowest BCUT2D eigenvalue weighted by molar-refractivity contribution is -0.137. The number of hydrogen-bond donors (Lipinski definition) is 1. The van der Waals surface area contributed by atoms with E-state index in [0.717, 1.165) is 12.1 Å². The minimum Gasteiger partial charge on any atom is -0.508 e. The zero-order valence-electron chi connectivity index (χ0n) is 9.00. The predicted octanol–water partition coefficient (Wildman–Crippen LogP) is 4.73. The Hall–Kier alpha value is -1.68. The van der Waals surface area contributed by atoms with Crippen LogP contribution in [0, 0.1) is 0 Å². The molecule has 0 atom stereocenters. The molecule has 0 radical (unpaired) electrons. The Balaban J connectivity index is 2.40. The zero-order valence-corrected chi connectivity index (χ0v) is 9.76. The fourth-order valence-corrected chi connectivity index (χ4v) is 1.82. The molecule has 0 aromatic heterocycles. The summed E-state index contributed by atoms with van der Waals surface area (Å²) in [6, 6.07) is 9.04. The van der Waals surface area contributed by atoms with E-state index >= 15 is 0 Å². The molecule has 0 fully saturated rings. The number of phenols is 1. The Bertz CT molecular complexity index is 541. The van der Waals surface area contributed by atoms with Crippen molar-refractivity contribution in [2.75, 3.05) is 0 Å². The SMILES string of the molecule is Oc1cc(Cl)cc(-c2ccc(C(F)(F)F)cc2)c1. The van der Waals surface area contributed by atoms with Crippen molar-refractivity contribution in [2.45, 2.75) is 6.18 Å². The van der Waals surface area contributed by atoms with Crippen LogP contribution in [0.2, 0.25) is 5.02 Å². The number of benzene rings is 2. The number of alkyl halides is 3. The van der Waals surface area contributed by atoms with Gasteiger partial charge >= 0.3 is 6.18 Å². The molecule has 2 aromatic carbocycles. The summed E-state index contributed by atoms with van der Waals surface area (Å²) < 4.78 is 37.2. The third kappa shape index (κ3) is 2.76. The average Bonchev–Trinajstić information content (AvgIpc) is 2.27. The zero-order chi connectivity index (χ0) is 13.3. The molecule has 0 aliphatic rings. The van der Waals surface area contributed by atoms with Crippen LogP contribution in [0.15, 0.2) is 42.5 Å². The standard InChI is InChI=1S/C13H8ClF3O/c14-11-5-9(6-12(18)7-11)8-1-3-10(4-2-8)13(15,16)17/h1-7,18H. The van der Waals surface area contributed by atoms with Gasteiger partial charge in [0.1, 0.15) is 5.75 Å². The molecule has 0 spiro atoms. The first-order valence-electron chi connectivity index (χ1n) is 5.03. The van der Waals surface area contributed by atoms with Crippen LogP contribution in [0.1, 0.15) is 5.56 Å². The van der Waals surface area contributed by atoms with E-state index in [0.29, 0.717) is 16.1 Å². The Labute approximate surface area is 106 Å². The van der Waals surface area contributed by atoms with Gasteiger partial charge in [-0.15, -0.1) is 0 Å². The van der Waals surface area contributed by atoms with E-state index in [9.17, 15) is 18.3 Å². The number of hydrogen-bond acceptors (Lipinski definition) is 1. The molecule has 0 saturated carbocycles. The number of rotatable bonds is 1. The predicted molar refractivity (Wildman–Crippen MR) is 63.6 cm³/mol. The molecule has 0 unspecified atom stereocenters. The van der Waals surface area contributed by atoms with E-state index in [1.165, 1.54) is 24.3 Å².